The Bertz CT molecular complexity index is 330. The summed E-state index contributed by atoms with van der Waals surface area (Å²) in [6.07, 6.45) is 0. The van der Waals surface area contributed by atoms with Crippen LogP contribution in [0.5, 0.6) is 0 Å². The van der Waals surface area contributed by atoms with Gasteiger partial charge in [0.15, 0.2) is 5.43 Å². The van der Waals surface area contributed by atoms with Crippen molar-refractivity contribution in [2.45, 2.75) is 0 Å². The number of anilines is 1. The Hall–Kier alpha value is -0.870. The number of hydrogen-bond acceptors (Lipinski definition) is 4. The lowest BCUT2D eigenvalue weighted by Gasteiger charge is -2.27. The molecule has 70 valence electrons. The van der Waals surface area contributed by atoms with Crippen molar-refractivity contribution in [2.75, 3.05) is 31.2 Å². The Morgan fingerprint density at radius 2 is 2.15 bits per heavy atom. The van der Waals surface area contributed by atoms with Crippen molar-refractivity contribution in [3.05, 3.63) is 27.7 Å². The van der Waals surface area contributed by atoms with Crippen molar-refractivity contribution >= 4 is 16.3 Å². The van der Waals surface area contributed by atoms with Crippen LogP contribution in [0.4, 0.5) is 5.00 Å². The molecule has 2 heterocycles. The molecule has 0 aliphatic carbocycles. The van der Waals surface area contributed by atoms with Crippen molar-refractivity contribution in [2.24, 2.45) is 0 Å². The van der Waals surface area contributed by atoms with Gasteiger partial charge in [-0.2, -0.15) is 0 Å². The molecule has 1 saturated heterocycles. The third-order valence-electron chi connectivity index (χ3n) is 2.01. The zero-order valence-corrected chi connectivity index (χ0v) is 8.05. The third kappa shape index (κ3) is 2.08. The minimum absolute atomic E-state index is 0.0836. The lowest BCUT2D eigenvalue weighted by Crippen LogP contribution is -2.36. The first-order valence-corrected chi connectivity index (χ1v) is 5.16. The van der Waals surface area contributed by atoms with Gasteiger partial charge in [0, 0.05) is 19.2 Å². The highest BCUT2D eigenvalue weighted by molar-refractivity contribution is 7.13. The van der Waals surface area contributed by atoms with Gasteiger partial charge in [-0.15, -0.1) is 11.3 Å². The Morgan fingerprint density at radius 1 is 1.38 bits per heavy atom. The summed E-state index contributed by atoms with van der Waals surface area (Å²) in [7, 11) is 0. The second kappa shape index (κ2) is 3.89. The van der Waals surface area contributed by atoms with Crippen molar-refractivity contribution in [1.82, 2.24) is 0 Å². The molecule has 0 amide bonds. The molecule has 1 fully saturated rings. The standard InChI is InChI=1S/C9H11NO2S/c11-8-1-6-13-9(7-8)10-2-4-12-5-3-10/h1,6-7H,2-5H2. The quantitative estimate of drug-likeness (QED) is 0.671. The second-order valence-corrected chi connectivity index (χ2v) is 3.83. The molecule has 0 spiro atoms. The molecule has 0 unspecified atom stereocenters. The van der Waals surface area contributed by atoms with Crippen LogP contribution in [0.15, 0.2) is 22.3 Å². The molecule has 0 aromatic carbocycles. The molecule has 1 aromatic rings. The maximum atomic E-state index is 11.1. The maximum Gasteiger partial charge on any atom is 0.182 e. The highest BCUT2D eigenvalue weighted by Crippen LogP contribution is 2.18. The van der Waals surface area contributed by atoms with E-state index in [-0.39, 0.29) is 5.43 Å². The van der Waals surface area contributed by atoms with Crippen LogP contribution in [0.1, 0.15) is 0 Å². The Balaban J connectivity index is 2.19. The SMILES string of the molecule is O=c1ccsc(N2CCOCC2)c1. The van der Waals surface area contributed by atoms with E-state index in [1.165, 1.54) is 0 Å². The zero-order chi connectivity index (χ0) is 9.10. The predicted octanol–water partition coefficient (Wildman–Crippen LogP) is 0.945. The first-order chi connectivity index (χ1) is 6.36. The summed E-state index contributed by atoms with van der Waals surface area (Å²) in [5.74, 6) is 0. The minimum Gasteiger partial charge on any atom is -0.378 e. The summed E-state index contributed by atoms with van der Waals surface area (Å²) in [6, 6.07) is 3.28. The zero-order valence-electron chi connectivity index (χ0n) is 7.23. The van der Waals surface area contributed by atoms with Crippen LogP contribution < -0.4 is 10.3 Å². The van der Waals surface area contributed by atoms with Crippen molar-refractivity contribution in [3.8, 4) is 0 Å². The fourth-order valence-corrected chi connectivity index (χ4v) is 2.18. The van der Waals surface area contributed by atoms with Crippen LogP contribution in [0, 0.1) is 0 Å². The van der Waals surface area contributed by atoms with E-state index in [0.29, 0.717) is 0 Å². The fraction of sp³-hybridized carbons (Fsp3) is 0.444. The Labute approximate surface area is 80.6 Å². The van der Waals surface area contributed by atoms with E-state index < -0.39 is 0 Å². The topological polar surface area (TPSA) is 29.5 Å². The average Bonchev–Trinajstić information content (AvgIpc) is 2.19. The molecule has 0 radical (unpaired) electrons. The molecule has 1 aliphatic rings. The van der Waals surface area contributed by atoms with E-state index in [1.807, 2.05) is 5.38 Å². The molecule has 1 aliphatic heterocycles. The summed E-state index contributed by atoms with van der Waals surface area (Å²) in [5.41, 5.74) is 0.0836. The Morgan fingerprint density at radius 3 is 2.85 bits per heavy atom. The minimum atomic E-state index is 0.0836. The molecule has 0 atom stereocenters. The van der Waals surface area contributed by atoms with E-state index in [4.69, 9.17) is 4.74 Å². The van der Waals surface area contributed by atoms with Crippen LogP contribution in [0.3, 0.4) is 0 Å². The van der Waals surface area contributed by atoms with Gasteiger partial charge in [-0.25, -0.2) is 0 Å². The van der Waals surface area contributed by atoms with Crippen LogP contribution in [-0.2, 0) is 4.74 Å². The van der Waals surface area contributed by atoms with Gasteiger partial charge in [-0.1, -0.05) is 0 Å². The van der Waals surface area contributed by atoms with Gasteiger partial charge in [0.05, 0.1) is 18.2 Å². The number of rotatable bonds is 1. The highest BCUT2D eigenvalue weighted by Gasteiger charge is 2.11. The van der Waals surface area contributed by atoms with Crippen molar-refractivity contribution in [3.63, 3.8) is 0 Å². The summed E-state index contributed by atoms with van der Waals surface area (Å²) in [4.78, 5) is 13.3. The molecule has 13 heavy (non-hydrogen) atoms. The van der Waals surface area contributed by atoms with Gasteiger partial charge in [-0.05, 0) is 11.4 Å². The molecule has 3 nitrogen and oxygen atoms in total. The van der Waals surface area contributed by atoms with Crippen LogP contribution in [-0.4, -0.2) is 26.3 Å². The predicted molar refractivity (Wildman–Crippen MR) is 53.6 cm³/mol. The number of nitrogens with zero attached hydrogens (tertiary/aromatic N) is 1. The van der Waals surface area contributed by atoms with E-state index in [1.54, 1.807) is 23.5 Å². The number of hydrogen-bond donors (Lipinski definition) is 0. The highest BCUT2D eigenvalue weighted by atomic mass is 32.1. The molecule has 4 heteroatoms. The summed E-state index contributed by atoms with van der Waals surface area (Å²) >= 11 is 1.60. The van der Waals surface area contributed by atoms with Gasteiger partial charge in [0.1, 0.15) is 0 Å². The smallest absolute Gasteiger partial charge is 0.182 e. The normalized spacial score (nSPS) is 17.4. The molecular weight excluding hydrogens is 186 g/mol. The van der Waals surface area contributed by atoms with Gasteiger partial charge in [-0.3, -0.25) is 4.79 Å². The fourth-order valence-electron chi connectivity index (χ4n) is 1.32. The number of ether oxygens (including phenoxy) is 1. The maximum absolute atomic E-state index is 11.1. The second-order valence-electron chi connectivity index (χ2n) is 2.90. The molecule has 0 bridgehead atoms. The van der Waals surface area contributed by atoms with E-state index >= 15 is 0 Å². The number of morpholine rings is 1. The van der Waals surface area contributed by atoms with Gasteiger partial charge < -0.3 is 9.64 Å². The summed E-state index contributed by atoms with van der Waals surface area (Å²) in [5, 5.41) is 2.89. The monoisotopic (exact) mass is 197 g/mol. The largest absolute Gasteiger partial charge is 0.378 e. The van der Waals surface area contributed by atoms with Crippen LogP contribution in [0.2, 0.25) is 0 Å². The summed E-state index contributed by atoms with van der Waals surface area (Å²) in [6.45, 7) is 3.30. The molecule has 1 aromatic heterocycles. The van der Waals surface area contributed by atoms with Gasteiger partial charge in [0.25, 0.3) is 0 Å². The van der Waals surface area contributed by atoms with Crippen LogP contribution >= 0.6 is 11.3 Å². The average molecular weight is 197 g/mol. The van der Waals surface area contributed by atoms with Crippen LogP contribution in [0.25, 0.3) is 0 Å². The molecule has 0 saturated carbocycles. The lowest BCUT2D eigenvalue weighted by atomic mass is 10.4. The molecule has 2 rings (SSSR count). The van der Waals surface area contributed by atoms with E-state index in [9.17, 15) is 4.79 Å². The van der Waals surface area contributed by atoms with E-state index in [0.717, 1.165) is 31.3 Å². The Kier molecular flexibility index (Phi) is 2.61. The third-order valence-corrected chi connectivity index (χ3v) is 2.90. The first-order valence-electron chi connectivity index (χ1n) is 4.28. The summed E-state index contributed by atoms with van der Waals surface area (Å²) < 4.78 is 5.24. The van der Waals surface area contributed by atoms with Gasteiger partial charge in [0.2, 0.25) is 0 Å². The lowest BCUT2D eigenvalue weighted by molar-refractivity contribution is 0.123. The van der Waals surface area contributed by atoms with Crippen molar-refractivity contribution in [1.29, 1.82) is 0 Å². The molecular formula is C9H11NO2S. The first kappa shape index (κ1) is 8.72. The van der Waals surface area contributed by atoms with E-state index in [2.05, 4.69) is 4.90 Å². The van der Waals surface area contributed by atoms with Crippen molar-refractivity contribution < 1.29 is 4.74 Å². The van der Waals surface area contributed by atoms with Gasteiger partial charge >= 0.3 is 0 Å². The molecule has 0 N–H and O–H groups in total.